The maximum Gasteiger partial charge on any atom is 0.119 e. The van der Waals surface area contributed by atoms with Gasteiger partial charge in [0.15, 0.2) is 0 Å². The van der Waals surface area contributed by atoms with Crippen LogP contribution < -0.4 is 4.74 Å². The molecule has 0 fully saturated rings. The van der Waals surface area contributed by atoms with E-state index in [1.54, 1.807) is 7.11 Å². The molecular formula is C15H12O. The number of hydrogen-bond acceptors (Lipinski definition) is 1. The van der Waals surface area contributed by atoms with Crippen molar-refractivity contribution < 1.29 is 4.74 Å². The lowest BCUT2D eigenvalue weighted by atomic mass is 10.0. The van der Waals surface area contributed by atoms with Crippen LogP contribution in [0.2, 0.25) is 0 Å². The molecule has 0 spiro atoms. The minimum absolute atomic E-state index is 0.905. The summed E-state index contributed by atoms with van der Waals surface area (Å²) in [5.74, 6) is 0.905. The molecule has 0 N–H and O–H groups in total. The second-order valence-electron chi connectivity index (χ2n) is 3.91. The van der Waals surface area contributed by atoms with E-state index in [-0.39, 0.29) is 0 Å². The highest BCUT2D eigenvalue weighted by molar-refractivity contribution is 5.98. The number of hydrogen-bond donors (Lipinski definition) is 0. The highest BCUT2D eigenvalue weighted by Gasteiger charge is 1.99. The van der Waals surface area contributed by atoms with E-state index in [2.05, 4.69) is 48.5 Å². The van der Waals surface area contributed by atoms with Gasteiger partial charge >= 0.3 is 0 Å². The molecule has 0 radical (unpaired) electrons. The molecule has 0 heterocycles. The Labute approximate surface area is 94.3 Å². The van der Waals surface area contributed by atoms with Gasteiger partial charge in [-0.3, -0.25) is 0 Å². The molecular weight excluding hydrogens is 196 g/mol. The molecule has 0 saturated heterocycles. The van der Waals surface area contributed by atoms with E-state index in [0.717, 1.165) is 5.75 Å². The Bertz CT molecular complexity index is 656. The largest absolute Gasteiger partial charge is 0.497 e. The Kier molecular flexibility index (Phi) is 2.03. The first kappa shape index (κ1) is 9.22. The summed E-state index contributed by atoms with van der Waals surface area (Å²) in [4.78, 5) is 0. The quantitative estimate of drug-likeness (QED) is 0.549. The topological polar surface area (TPSA) is 9.23 Å². The van der Waals surface area contributed by atoms with Crippen LogP contribution in [0.5, 0.6) is 5.75 Å². The van der Waals surface area contributed by atoms with Gasteiger partial charge in [-0.15, -0.1) is 0 Å². The van der Waals surface area contributed by atoms with Gasteiger partial charge in [0.25, 0.3) is 0 Å². The van der Waals surface area contributed by atoms with Gasteiger partial charge in [0, 0.05) is 0 Å². The number of rotatable bonds is 1. The van der Waals surface area contributed by atoms with Crippen LogP contribution >= 0.6 is 0 Å². The van der Waals surface area contributed by atoms with Crippen LogP contribution in [0.3, 0.4) is 0 Å². The summed E-state index contributed by atoms with van der Waals surface area (Å²) in [6.07, 6.45) is 0. The van der Waals surface area contributed by atoms with Crippen LogP contribution in [0.1, 0.15) is 0 Å². The van der Waals surface area contributed by atoms with Gasteiger partial charge in [0.2, 0.25) is 0 Å². The highest BCUT2D eigenvalue weighted by Crippen LogP contribution is 2.25. The minimum Gasteiger partial charge on any atom is -0.497 e. The average Bonchev–Trinajstić information content (AvgIpc) is 2.35. The molecule has 3 aromatic rings. The van der Waals surface area contributed by atoms with E-state index in [4.69, 9.17) is 4.74 Å². The molecule has 0 saturated carbocycles. The van der Waals surface area contributed by atoms with Crippen molar-refractivity contribution in [2.45, 2.75) is 0 Å². The molecule has 0 aliphatic heterocycles. The Morgan fingerprint density at radius 3 is 2.00 bits per heavy atom. The fourth-order valence-electron chi connectivity index (χ4n) is 2.05. The van der Waals surface area contributed by atoms with Crippen LogP contribution in [0, 0.1) is 0 Å². The van der Waals surface area contributed by atoms with E-state index in [0.29, 0.717) is 0 Å². The first-order valence-electron chi connectivity index (χ1n) is 5.33. The van der Waals surface area contributed by atoms with E-state index >= 15 is 0 Å². The second-order valence-corrected chi connectivity index (χ2v) is 3.91. The number of fused-ring (bicyclic) bond motifs is 2. The third-order valence-corrected chi connectivity index (χ3v) is 2.91. The summed E-state index contributed by atoms with van der Waals surface area (Å²) in [6, 6.07) is 19.0. The van der Waals surface area contributed by atoms with Crippen molar-refractivity contribution in [3.63, 3.8) is 0 Å². The molecule has 0 aliphatic rings. The van der Waals surface area contributed by atoms with E-state index in [9.17, 15) is 0 Å². The number of methoxy groups -OCH3 is 1. The zero-order chi connectivity index (χ0) is 11.0. The van der Waals surface area contributed by atoms with Gasteiger partial charge in [0.05, 0.1) is 7.11 Å². The van der Waals surface area contributed by atoms with Crippen molar-refractivity contribution in [2.24, 2.45) is 0 Å². The van der Waals surface area contributed by atoms with Crippen molar-refractivity contribution in [3.8, 4) is 5.75 Å². The van der Waals surface area contributed by atoms with Gasteiger partial charge < -0.3 is 4.74 Å². The molecule has 78 valence electrons. The van der Waals surface area contributed by atoms with Crippen LogP contribution in [0.4, 0.5) is 0 Å². The lowest BCUT2D eigenvalue weighted by molar-refractivity contribution is 0.415. The summed E-state index contributed by atoms with van der Waals surface area (Å²) in [7, 11) is 1.70. The Balaban J connectivity index is 2.37. The fourth-order valence-corrected chi connectivity index (χ4v) is 2.05. The summed E-state index contributed by atoms with van der Waals surface area (Å²) in [5.41, 5.74) is 0. The molecule has 0 amide bonds. The SMILES string of the molecule is COc1ccc2cc3ccccc3cc2c1. The van der Waals surface area contributed by atoms with E-state index < -0.39 is 0 Å². The molecule has 16 heavy (non-hydrogen) atoms. The average molecular weight is 208 g/mol. The van der Waals surface area contributed by atoms with Gasteiger partial charge in [-0.25, -0.2) is 0 Å². The van der Waals surface area contributed by atoms with Gasteiger partial charge in [-0.05, 0) is 45.8 Å². The maximum atomic E-state index is 5.23. The van der Waals surface area contributed by atoms with Gasteiger partial charge in [-0.2, -0.15) is 0 Å². The molecule has 0 aliphatic carbocycles. The molecule has 0 atom stereocenters. The number of benzene rings is 3. The molecule has 1 heteroatoms. The molecule has 3 aromatic carbocycles. The van der Waals surface area contributed by atoms with Crippen molar-refractivity contribution in [3.05, 3.63) is 54.6 Å². The normalized spacial score (nSPS) is 10.8. The van der Waals surface area contributed by atoms with Crippen molar-refractivity contribution in [1.82, 2.24) is 0 Å². The first-order chi connectivity index (χ1) is 7.86. The smallest absolute Gasteiger partial charge is 0.119 e. The third kappa shape index (κ3) is 1.41. The van der Waals surface area contributed by atoms with Gasteiger partial charge in [0.1, 0.15) is 5.75 Å². The lowest BCUT2D eigenvalue weighted by Gasteiger charge is -2.04. The maximum absolute atomic E-state index is 5.23. The van der Waals surface area contributed by atoms with E-state index in [1.165, 1.54) is 21.5 Å². The number of ether oxygens (including phenoxy) is 1. The Hall–Kier alpha value is -2.02. The predicted molar refractivity (Wildman–Crippen MR) is 68.0 cm³/mol. The summed E-state index contributed by atoms with van der Waals surface area (Å²) in [6.45, 7) is 0. The van der Waals surface area contributed by atoms with Crippen molar-refractivity contribution in [2.75, 3.05) is 7.11 Å². The molecule has 0 unspecified atom stereocenters. The third-order valence-electron chi connectivity index (χ3n) is 2.91. The summed E-state index contributed by atoms with van der Waals surface area (Å²) < 4.78 is 5.23. The minimum atomic E-state index is 0.905. The van der Waals surface area contributed by atoms with Crippen LogP contribution in [0.25, 0.3) is 21.5 Å². The predicted octanol–water partition coefficient (Wildman–Crippen LogP) is 4.00. The molecule has 0 aromatic heterocycles. The standard InChI is InChI=1S/C15H12O/c1-16-15-7-6-13-8-11-4-2-3-5-12(11)9-14(13)10-15/h2-10H,1H3. The Morgan fingerprint density at radius 2 is 1.31 bits per heavy atom. The van der Waals surface area contributed by atoms with Crippen LogP contribution in [-0.4, -0.2) is 7.11 Å². The van der Waals surface area contributed by atoms with Gasteiger partial charge in [-0.1, -0.05) is 30.3 Å². The fraction of sp³-hybridized carbons (Fsp3) is 0.0667. The monoisotopic (exact) mass is 208 g/mol. The molecule has 0 bridgehead atoms. The van der Waals surface area contributed by atoms with Crippen molar-refractivity contribution in [1.29, 1.82) is 0 Å². The Morgan fingerprint density at radius 1 is 0.688 bits per heavy atom. The van der Waals surface area contributed by atoms with Crippen LogP contribution in [0.15, 0.2) is 54.6 Å². The first-order valence-corrected chi connectivity index (χ1v) is 5.33. The summed E-state index contributed by atoms with van der Waals surface area (Å²) >= 11 is 0. The second kappa shape index (κ2) is 3.53. The lowest BCUT2D eigenvalue weighted by Crippen LogP contribution is -1.82. The van der Waals surface area contributed by atoms with Crippen LogP contribution in [-0.2, 0) is 0 Å². The highest BCUT2D eigenvalue weighted by atomic mass is 16.5. The van der Waals surface area contributed by atoms with E-state index in [1.807, 2.05) is 6.07 Å². The zero-order valence-electron chi connectivity index (χ0n) is 9.10. The summed E-state index contributed by atoms with van der Waals surface area (Å²) in [5, 5.41) is 5.01. The zero-order valence-corrected chi connectivity index (χ0v) is 9.10. The molecule has 1 nitrogen and oxygen atoms in total. The molecule has 3 rings (SSSR count). The van der Waals surface area contributed by atoms with Crippen molar-refractivity contribution >= 4 is 21.5 Å².